The lowest BCUT2D eigenvalue weighted by atomic mass is 10.1. The summed E-state index contributed by atoms with van der Waals surface area (Å²) < 4.78 is 7.70. The van der Waals surface area contributed by atoms with Crippen LogP contribution in [0.3, 0.4) is 0 Å². The molecule has 1 N–H and O–H groups in total. The van der Waals surface area contributed by atoms with Gasteiger partial charge >= 0.3 is 0 Å². The third-order valence-corrected chi connectivity index (χ3v) is 4.53. The molecular weight excluding hydrogens is 384 g/mol. The molecule has 3 rings (SSSR count). The molecule has 0 aliphatic carbocycles. The van der Waals surface area contributed by atoms with E-state index in [1.807, 2.05) is 25.4 Å². The summed E-state index contributed by atoms with van der Waals surface area (Å²) in [4.78, 5) is 16.7. The number of methoxy groups -OCH3 is 1. The molecule has 0 atom stereocenters. The zero-order valence-electron chi connectivity index (χ0n) is 14.1. The Morgan fingerprint density at radius 3 is 3.00 bits per heavy atom. The highest BCUT2D eigenvalue weighted by molar-refractivity contribution is 9.10. The highest BCUT2D eigenvalue weighted by Crippen LogP contribution is 2.22. The van der Waals surface area contributed by atoms with E-state index in [0.29, 0.717) is 17.9 Å². The molecule has 0 aliphatic heterocycles. The fraction of sp³-hybridized carbons (Fsp3) is 0.278. The number of ether oxygens (including phenoxy) is 1. The number of carbonyl (C=O) groups is 1. The van der Waals surface area contributed by atoms with Crippen LogP contribution in [0.5, 0.6) is 5.75 Å². The summed E-state index contributed by atoms with van der Waals surface area (Å²) in [5.41, 5.74) is 3.44. The molecule has 2 heterocycles. The zero-order chi connectivity index (χ0) is 17.8. The van der Waals surface area contributed by atoms with Gasteiger partial charge in [-0.15, -0.1) is 0 Å². The van der Waals surface area contributed by atoms with Gasteiger partial charge in [0.2, 0.25) is 0 Å². The van der Waals surface area contributed by atoms with Crippen LogP contribution < -0.4 is 10.1 Å². The predicted octanol–water partition coefficient (Wildman–Crippen LogP) is 3.17. The zero-order valence-corrected chi connectivity index (χ0v) is 15.7. The van der Waals surface area contributed by atoms with Crippen LogP contribution in [0.2, 0.25) is 0 Å². The summed E-state index contributed by atoms with van der Waals surface area (Å²) in [7, 11) is 1.58. The molecule has 0 bridgehead atoms. The number of aromatic nitrogens is 3. The Balaban J connectivity index is 1.54. The van der Waals surface area contributed by atoms with Crippen molar-refractivity contribution in [2.45, 2.75) is 19.8 Å². The first-order chi connectivity index (χ1) is 12.1. The van der Waals surface area contributed by atoms with Gasteiger partial charge in [-0.1, -0.05) is 0 Å². The molecule has 1 amide bonds. The van der Waals surface area contributed by atoms with Crippen molar-refractivity contribution in [1.29, 1.82) is 0 Å². The molecule has 6 nitrogen and oxygen atoms in total. The maximum atomic E-state index is 12.3. The number of nitrogens with one attached hydrogen (secondary N) is 1. The quantitative estimate of drug-likeness (QED) is 0.642. The fourth-order valence-corrected chi connectivity index (χ4v) is 2.98. The minimum atomic E-state index is -0.123. The van der Waals surface area contributed by atoms with Crippen LogP contribution in [0, 0.1) is 6.92 Å². The van der Waals surface area contributed by atoms with E-state index in [0.717, 1.165) is 34.2 Å². The fourth-order valence-electron chi connectivity index (χ4n) is 2.56. The van der Waals surface area contributed by atoms with E-state index < -0.39 is 0 Å². The van der Waals surface area contributed by atoms with Gasteiger partial charge in [-0.2, -0.15) is 5.10 Å². The molecule has 7 heteroatoms. The standard InChI is InChI=1S/C18H19BrN4O2/c1-12-8-17-21-10-13(11-23(17)22-12)4-3-7-20-18(24)15-9-14(25-2)5-6-16(15)19/h5-6,8-11H,3-4,7H2,1-2H3,(H,20,24). The predicted molar refractivity (Wildman–Crippen MR) is 99.1 cm³/mol. The van der Waals surface area contributed by atoms with Crippen LogP contribution in [-0.4, -0.2) is 34.2 Å². The van der Waals surface area contributed by atoms with E-state index in [4.69, 9.17) is 4.74 Å². The summed E-state index contributed by atoms with van der Waals surface area (Å²) in [6, 6.07) is 7.27. The second kappa shape index (κ2) is 7.65. The van der Waals surface area contributed by atoms with Gasteiger partial charge in [-0.3, -0.25) is 4.79 Å². The van der Waals surface area contributed by atoms with Crippen molar-refractivity contribution in [1.82, 2.24) is 19.9 Å². The SMILES string of the molecule is COc1ccc(Br)c(C(=O)NCCCc2cnc3cc(C)nn3c2)c1. The van der Waals surface area contributed by atoms with E-state index in [9.17, 15) is 4.79 Å². The monoisotopic (exact) mass is 402 g/mol. The van der Waals surface area contributed by atoms with Gasteiger partial charge < -0.3 is 10.1 Å². The number of hydrogen-bond donors (Lipinski definition) is 1. The van der Waals surface area contributed by atoms with Crippen molar-refractivity contribution < 1.29 is 9.53 Å². The molecule has 0 spiro atoms. The molecule has 3 aromatic rings. The van der Waals surface area contributed by atoms with E-state index in [2.05, 4.69) is 31.3 Å². The first-order valence-corrected chi connectivity index (χ1v) is 8.79. The van der Waals surface area contributed by atoms with Gasteiger partial charge in [0.15, 0.2) is 5.65 Å². The molecule has 0 fully saturated rings. The molecule has 2 aromatic heterocycles. The Morgan fingerprint density at radius 1 is 1.36 bits per heavy atom. The molecule has 130 valence electrons. The minimum absolute atomic E-state index is 0.123. The topological polar surface area (TPSA) is 68.5 Å². The maximum absolute atomic E-state index is 12.3. The van der Waals surface area contributed by atoms with Crippen LogP contribution in [-0.2, 0) is 6.42 Å². The van der Waals surface area contributed by atoms with Crippen molar-refractivity contribution in [3.05, 3.63) is 58.0 Å². The summed E-state index contributed by atoms with van der Waals surface area (Å²) in [6.45, 7) is 2.53. The molecule has 0 radical (unpaired) electrons. The average Bonchev–Trinajstić information content (AvgIpc) is 2.98. The summed E-state index contributed by atoms with van der Waals surface area (Å²) in [6.07, 6.45) is 5.48. The molecule has 0 unspecified atom stereocenters. The molecule has 0 saturated heterocycles. The molecule has 0 aliphatic rings. The highest BCUT2D eigenvalue weighted by atomic mass is 79.9. The van der Waals surface area contributed by atoms with E-state index in [-0.39, 0.29) is 5.91 Å². The number of nitrogens with zero attached hydrogens (tertiary/aromatic N) is 3. The van der Waals surface area contributed by atoms with Crippen LogP contribution in [0.15, 0.2) is 41.1 Å². The first-order valence-electron chi connectivity index (χ1n) is 7.99. The Bertz CT molecular complexity index is 907. The number of benzene rings is 1. The van der Waals surface area contributed by atoms with Gasteiger partial charge in [0, 0.05) is 29.5 Å². The van der Waals surface area contributed by atoms with Crippen LogP contribution in [0.25, 0.3) is 5.65 Å². The lowest BCUT2D eigenvalue weighted by molar-refractivity contribution is 0.0952. The van der Waals surface area contributed by atoms with Crippen LogP contribution >= 0.6 is 15.9 Å². The van der Waals surface area contributed by atoms with Gasteiger partial charge in [0.1, 0.15) is 5.75 Å². The van der Waals surface area contributed by atoms with Crippen molar-refractivity contribution >= 4 is 27.5 Å². The Kier molecular flexibility index (Phi) is 5.33. The number of halogens is 1. The van der Waals surface area contributed by atoms with Crippen molar-refractivity contribution in [2.75, 3.05) is 13.7 Å². The summed E-state index contributed by atoms with van der Waals surface area (Å²) in [5, 5.41) is 7.30. The molecule has 25 heavy (non-hydrogen) atoms. The largest absolute Gasteiger partial charge is 0.497 e. The Hall–Kier alpha value is -2.41. The summed E-state index contributed by atoms with van der Waals surface area (Å²) in [5.74, 6) is 0.532. The van der Waals surface area contributed by atoms with Gasteiger partial charge in [0.25, 0.3) is 5.91 Å². The highest BCUT2D eigenvalue weighted by Gasteiger charge is 2.11. The Labute approximate surface area is 154 Å². The number of fused-ring (bicyclic) bond motifs is 1. The third kappa shape index (κ3) is 4.17. The lowest BCUT2D eigenvalue weighted by Gasteiger charge is -2.09. The van der Waals surface area contributed by atoms with Crippen molar-refractivity contribution in [3.63, 3.8) is 0 Å². The first kappa shape index (κ1) is 17.4. The van der Waals surface area contributed by atoms with Crippen LogP contribution in [0.1, 0.15) is 28.0 Å². The number of amides is 1. The van der Waals surface area contributed by atoms with Gasteiger partial charge in [-0.05, 0) is 59.5 Å². The second-order valence-corrected chi connectivity index (χ2v) is 6.61. The molecule has 1 aromatic carbocycles. The maximum Gasteiger partial charge on any atom is 0.252 e. The van der Waals surface area contributed by atoms with E-state index in [1.165, 1.54) is 0 Å². The normalized spacial score (nSPS) is 10.8. The van der Waals surface area contributed by atoms with Gasteiger partial charge in [0.05, 0.1) is 18.4 Å². The smallest absolute Gasteiger partial charge is 0.252 e. The number of aryl methyl sites for hydroxylation is 2. The number of rotatable bonds is 6. The molecular formula is C18H19BrN4O2. The number of hydrogen-bond acceptors (Lipinski definition) is 4. The van der Waals surface area contributed by atoms with Crippen molar-refractivity contribution in [2.24, 2.45) is 0 Å². The minimum Gasteiger partial charge on any atom is -0.497 e. The second-order valence-electron chi connectivity index (χ2n) is 5.76. The van der Waals surface area contributed by atoms with Crippen molar-refractivity contribution in [3.8, 4) is 5.75 Å². The summed E-state index contributed by atoms with van der Waals surface area (Å²) >= 11 is 3.40. The lowest BCUT2D eigenvalue weighted by Crippen LogP contribution is -2.25. The Morgan fingerprint density at radius 2 is 2.20 bits per heavy atom. The van der Waals surface area contributed by atoms with E-state index >= 15 is 0 Å². The average molecular weight is 403 g/mol. The number of carbonyl (C=O) groups excluding carboxylic acids is 1. The van der Waals surface area contributed by atoms with Crippen LogP contribution in [0.4, 0.5) is 0 Å². The van der Waals surface area contributed by atoms with E-state index in [1.54, 1.807) is 29.8 Å². The van der Waals surface area contributed by atoms with Gasteiger partial charge in [-0.25, -0.2) is 9.50 Å². The third-order valence-electron chi connectivity index (χ3n) is 3.83. The molecule has 0 saturated carbocycles.